The van der Waals surface area contributed by atoms with Crippen LogP contribution in [-0.2, 0) is 9.53 Å². The molecule has 2 aromatic rings. The van der Waals surface area contributed by atoms with E-state index in [1.54, 1.807) is 18.3 Å². The summed E-state index contributed by atoms with van der Waals surface area (Å²) in [5.41, 5.74) is 1.20. The van der Waals surface area contributed by atoms with Gasteiger partial charge in [0.25, 0.3) is 0 Å². The molecule has 1 aromatic carbocycles. The van der Waals surface area contributed by atoms with E-state index < -0.39 is 0 Å². The van der Waals surface area contributed by atoms with Gasteiger partial charge in [-0.2, -0.15) is 0 Å². The molecule has 94 valence electrons. The first-order valence-corrected chi connectivity index (χ1v) is 7.26. The molecule has 1 heterocycles. The largest absolute Gasteiger partial charge is 0.463 e. The zero-order chi connectivity index (χ0) is 13.1. The van der Waals surface area contributed by atoms with E-state index in [-0.39, 0.29) is 5.97 Å². The van der Waals surface area contributed by atoms with Gasteiger partial charge < -0.3 is 4.74 Å². The second kappa shape index (κ2) is 5.67. The van der Waals surface area contributed by atoms with Gasteiger partial charge in [-0.3, -0.25) is 0 Å². The minimum Gasteiger partial charge on any atom is -0.463 e. The van der Waals surface area contributed by atoms with Gasteiger partial charge in [0.15, 0.2) is 0 Å². The van der Waals surface area contributed by atoms with Crippen molar-refractivity contribution in [3.63, 3.8) is 0 Å². The molecule has 0 radical (unpaired) electrons. The Balaban J connectivity index is 2.34. The molecule has 0 bridgehead atoms. The van der Waals surface area contributed by atoms with Crippen LogP contribution < -0.4 is 0 Å². The molecular weight excluding hydrogens is 312 g/mol. The molecule has 0 aliphatic carbocycles. The molecule has 18 heavy (non-hydrogen) atoms. The molecule has 0 saturated heterocycles. The average Bonchev–Trinajstić information content (AvgIpc) is 2.63. The molecule has 4 heteroatoms. The molecule has 0 aliphatic rings. The van der Waals surface area contributed by atoms with Crippen molar-refractivity contribution in [1.29, 1.82) is 0 Å². The summed E-state index contributed by atoms with van der Waals surface area (Å²) in [5.74, 6) is -0.296. The van der Waals surface area contributed by atoms with Gasteiger partial charge in [-0.15, -0.1) is 11.3 Å². The van der Waals surface area contributed by atoms with Gasteiger partial charge in [-0.1, -0.05) is 22.0 Å². The van der Waals surface area contributed by atoms with Crippen molar-refractivity contribution in [2.45, 2.75) is 13.8 Å². The van der Waals surface area contributed by atoms with Crippen LogP contribution in [0.25, 0.3) is 16.2 Å². The third-order valence-electron chi connectivity index (χ3n) is 2.59. The Morgan fingerprint density at radius 2 is 2.28 bits per heavy atom. The van der Waals surface area contributed by atoms with Gasteiger partial charge >= 0.3 is 5.97 Å². The third kappa shape index (κ3) is 2.82. The number of aryl methyl sites for hydroxylation is 1. The predicted octanol–water partition coefficient (Wildman–Crippen LogP) is 4.55. The summed E-state index contributed by atoms with van der Waals surface area (Å²) in [4.78, 5) is 12.4. The maximum absolute atomic E-state index is 11.3. The van der Waals surface area contributed by atoms with E-state index in [4.69, 9.17) is 4.74 Å². The van der Waals surface area contributed by atoms with Crippen molar-refractivity contribution in [2.75, 3.05) is 6.61 Å². The Morgan fingerprint density at radius 3 is 3.00 bits per heavy atom. The molecule has 1 aromatic heterocycles. The lowest BCUT2D eigenvalue weighted by Gasteiger charge is -1.94. The van der Waals surface area contributed by atoms with E-state index in [9.17, 15) is 4.79 Å². The van der Waals surface area contributed by atoms with Crippen LogP contribution in [0.2, 0.25) is 0 Å². The maximum atomic E-state index is 11.3. The number of rotatable bonds is 3. The first-order chi connectivity index (χ1) is 8.61. The van der Waals surface area contributed by atoms with Crippen LogP contribution in [0.1, 0.15) is 17.4 Å². The number of carbonyl (C=O) groups is 1. The van der Waals surface area contributed by atoms with E-state index in [1.165, 1.54) is 21.7 Å². The Hall–Kier alpha value is -1.13. The molecule has 0 atom stereocenters. The lowest BCUT2D eigenvalue weighted by Crippen LogP contribution is -1.98. The van der Waals surface area contributed by atoms with Gasteiger partial charge in [-0.05, 0) is 43.0 Å². The van der Waals surface area contributed by atoms with Gasteiger partial charge in [0.05, 0.1) is 6.61 Å². The van der Waals surface area contributed by atoms with Crippen LogP contribution in [0.4, 0.5) is 0 Å². The van der Waals surface area contributed by atoms with E-state index >= 15 is 0 Å². The minimum atomic E-state index is -0.296. The normalized spacial score (nSPS) is 11.3. The predicted molar refractivity (Wildman–Crippen MR) is 79.9 cm³/mol. The summed E-state index contributed by atoms with van der Waals surface area (Å²) in [6, 6.07) is 6.21. The standard InChI is InChI=1S/C14H13BrO2S/c1-3-17-14(16)7-6-12-9(2)11-5-4-10(15)8-13(11)18-12/h4-8H,3H2,1-2H3. The SMILES string of the molecule is CCOC(=O)C=Cc1sc2cc(Br)ccc2c1C. The van der Waals surface area contributed by atoms with Crippen molar-refractivity contribution in [3.8, 4) is 0 Å². The molecule has 0 N–H and O–H groups in total. The highest BCUT2D eigenvalue weighted by Crippen LogP contribution is 2.33. The first-order valence-electron chi connectivity index (χ1n) is 5.65. The molecular formula is C14H13BrO2S. The van der Waals surface area contributed by atoms with E-state index in [2.05, 4.69) is 35.0 Å². The molecule has 0 unspecified atom stereocenters. The van der Waals surface area contributed by atoms with Crippen LogP contribution in [0, 0.1) is 6.92 Å². The number of hydrogen-bond acceptors (Lipinski definition) is 3. The van der Waals surface area contributed by atoms with Crippen molar-refractivity contribution in [1.82, 2.24) is 0 Å². The van der Waals surface area contributed by atoms with Gasteiger partial charge in [0.2, 0.25) is 0 Å². The first kappa shape index (κ1) is 13.3. The van der Waals surface area contributed by atoms with Crippen molar-refractivity contribution >= 4 is 49.4 Å². The number of thiophene rings is 1. The highest BCUT2D eigenvalue weighted by Gasteiger charge is 2.06. The van der Waals surface area contributed by atoms with Gasteiger partial charge in [0.1, 0.15) is 0 Å². The van der Waals surface area contributed by atoms with E-state index in [0.717, 1.165) is 9.35 Å². The zero-order valence-electron chi connectivity index (χ0n) is 10.2. The number of fused-ring (bicyclic) bond motifs is 1. The second-order valence-electron chi connectivity index (χ2n) is 3.82. The monoisotopic (exact) mass is 324 g/mol. The van der Waals surface area contributed by atoms with Crippen LogP contribution >= 0.6 is 27.3 Å². The van der Waals surface area contributed by atoms with Crippen molar-refractivity contribution < 1.29 is 9.53 Å². The molecule has 0 spiro atoms. The van der Waals surface area contributed by atoms with E-state index in [1.807, 2.05) is 12.1 Å². The highest BCUT2D eigenvalue weighted by molar-refractivity contribution is 9.10. The summed E-state index contributed by atoms with van der Waals surface area (Å²) in [6.07, 6.45) is 3.31. The topological polar surface area (TPSA) is 26.3 Å². The Bertz CT molecular complexity index is 614. The number of hydrogen-bond donors (Lipinski definition) is 0. The summed E-state index contributed by atoms with van der Waals surface area (Å²) >= 11 is 5.14. The second-order valence-corrected chi connectivity index (χ2v) is 5.82. The third-order valence-corrected chi connectivity index (χ3v) is 4.31. The summed E-state index contributed by atoms with van der Waals surface area (Å²) in [6.45, 7) is 4.27. The highest BCUT2D eigenvalue weighted by atomic mass is 79.9. The molecule has 0 amide bonds. The van der Waals surface area contributed by atoms with Gasteiger partial charge in [0, 0.05) is 20.1 Å². The summed E-state index contributed by atoms with van der Waals surface area (Å²) < 4.78 is 7.15. The Morgan fingerprint density at radius 1 is 1.50 bits per heavy atom. The molecule has 0 fully saturated rings. The van der Waals surface area contributed by atoms with Gasteiger partial charge in [-0.25, -0.2) is 4.79 Å². The van der Waals surface area contributed by atoms with Crippen LogP contribution in [0.5, 0.6) is 0 Å². The smallest absolute Gasteiger partial charge is 0.330 e. The summed E-state index contributed by atoms with van der Waals surface area (Å²) in [7, 11) is 0. The number of carbonyl (C=O) groups excluding carboxylic acids is 1. The fourth-order valence-corrected chi connectivity index (χ4v) is 3.38. The molecule has 2 nitrogen and oxygen atoms in total. The number of benzene rings is 1. The van der Waals surface area contributed by atoms with Crippen LogP contribution in [0.15, 0.2) is 28.7 Å². The average molecular weight is 325 g/mol. The molecule has 0 saturated carbocycles. The fourth-order valence-electron chi connectivity index (χ4n) is 1.71. The lowest BCUT2D eigenvalue weighted by atomic mass is 10.1. The minimum absolute atomic E-state index is 0.296. The van der Waals surface area contributed by atoms with Crippen LogP contribution in [0.3, 0.4) is 0 Å². The zero-order valence-corrected chi connectivity index (χ0v) is 12.6. The fraction of sp³-hybridized carbons (Fsp3) is 0.214. The van der Waals surface area contributed by atoms with E-state index in [0.29, 0.717) is 6.61 Å². The maximum Gasteiger partial charge on any atom is 0.330 e. The summed E-state index contributed by atoms with van der Waals surface area (Å²) in [5, 5.41) is 1.23. The molecule has 2 rings (SSSR count). The lowest BCUT2D eigenvalue weighted by molar-refractivity contribution is -0.137. The van der Waals surface area contributed by atoms with Crippen LogP contribution in [-0.4, -0.2) is 12.6 Å². The number of ether oxygens (including phenoxy) is 1. The van der Waals surface area contributed by atoms with Crippen molar-refractivity contribution in [3.05, 3.63) is 39.2 Å². The van der Waals surface area contributed by atoms with Crippen molar-refractivity contribution in [2.24, 2.45) is 0 Å². The Kier molecular flexibility index (Phi) is 4.19. The molecule has 0 aliphatic heterocycles. The number of halogens is 1. The Labute approximate surface area is 118 Å². The number of esters is 1. The quantitative estimate of drug-likeness (QED) is 0.611.